The third-order valence-electron chi connectivity index (χ3n) is 15.5. The fraction of sp³-hybridized carbons (Fsp3) is 0.0588. The fourth-order valence-electron chi connectivity index (χ4n) is 12.0. The van der Waals surface area contributed by atoms with E-state index in [1.165, 1.54) is 135 Å². The van der Waals surface area contributed by atoms with E-state index in [0.717, 1.165) is 5.69 Å². The predicted octanol–water partition coefficient (Wildman–Crippen LogP) is 18.6. The highest BCUT2D eigenvalue weighted by atomic mass is 32.1. The SMILES string of the molecule is CC(C)(C)c1ccc(N2c3cc4c(cc3B3c5c(cc(-c6ccccc6)cc52)-c2cc5sc6ccccc6c5cc2N3c2ccc(-c3ccccc3)cc2)sc2cc3ccccc3cc24)c(-c2ccccc2)c1. The lowest BCUT2D eigenvalue weighted by Crippen LogP contribution is -2.61. The van der Waals surface area contributed by atoms with Crippen LogP contribution in [0.2, 0.25) is 0 Å². The van der Waals surface area contributed by atoms with Crippen molar-refractivity contribution in [3.05, 3.63) is 236 Å². The number of hydrogen-bond acceptors (Lipinski definition) is 4. The molecule has 2 nitrogen and oxygen atoms in total. The van der Waals surface area contributed by atoms with E-state index < -0.39 is 0 Å². The molecule has 0 saturated heterocycles. The molecule has 2 aliphatic heterocycles. The Morgan fingerprint density at radius 2 is 0.932 bits per heavy atom. The summed E-state index contributed by atoms with van der Waals surface area (Å²) in [6.07, 6.45) is 0. The van der Waals surface area contributed by atoms with Crippen molar-refractivity contribution in [1.29, 1.82) is 0 Å². The Labute approximate surface area is 433 Å². The minimum atomic E-state index is -0.166. The molecule has 0 atom stereocenters. The molecule has 344 valence electrons. The molecule has 2 aromatic heterocycles. The van der Waals surface area contributed by atoms with E-state index in [2.05, 4.69) is 261 Å². The molecule has 0 aliphatic carbocycles. The second-order valence-electron chi connectivity index (χ2n) is 20.9. The van der Waals surface area contributed by atoms with Crippen LogP contribution in [0.4, 0.5) is 28.4 Å². The monoisotopic (exact) mass is 966 g/mol. The van der Waals surface area contributed by atoms with Gasteiger partial charge in [0.2, 0.25) is 0 Å². The summed E-state index contributed by atoms with van der Waals surface area (Å²) in [6, 6.07) is 87.1. The summed E-state index contributed by atoms with van der Waals surface area (Å²) in [6.45, 7) is 6.81. The minimum absolute atomic E-state index is 0.0535. The van der Waals surface area contributed by atoms with Crippen molar-refractivity contribution in [2.45, 2.75) is 26.2 Å². The largest absolute Gasteiger partial charge is 0.376 e. The number of hydrogen-bond donors (Lipinski definition) is 0. The van der Waals surface area contributed by atoms with E-state index in [0.29, 0.717) is 0 Å². The van der Waals surface area contributed by atoms with Gasteiger partial charge in [-0.1, -0.05) is 172 Å². The van der Waals surface area contributed by atoms with Gasteiger partial charge < -0.3 is 9.71 Å². The first kappa shape index (κ1) is 42.5. The molecule has 15 rings (SSSR count). The molecule has 13 aromatic rings. The topological polar surface area (TPSA) is 6.48 Å². The van der Waals surface area contributed by atoms with Crippen molar-refractivity contribution >= 4 is 120 Å². The smallest absolute Gasteiger partial charge is 0.333 e. The van der Waals surface area contributed by atoms with E-state index in [-0.39, 0.29) is 12.3 Å². The summed E-state index contributed by atoms with van der Waals surface area (Å²) in [5.74, 6) is 0. The third kappa shape index (κ3) is 6.69. The Kier molecular flexibility index (Phi) is 9.39. The van der Waals surface area contributed by atoms with Crippen LogP contribution in [-0.4, -0.2) is 6.85 Å². The molecular weight excluding hydrogens is 920 g/mol. The van der Waals surface area contributed by atoms with Crippen LogP contribution < -0.4 is 20.6 Å². The zero-order valence-electron chi connectivity index (χ0n) is 40.7. The Hall–Kier alpha value is -8.22. The van der Waals surface area contributed by atoms with Gasteiger partial charge in [-0.05, 0) is 145 Å². The second kappa shape index (κ2) is 16.1. The normalized spacial score (nSPS) is 13.1. The molecule has 0 amide bonds. The summed E-state index contributed by atoms with van der Waals surface area (Å²) >= 11 is 3.81. The maximum absolute atomic E-state index is 2.69. The van der Waals surface area contributed by atoms with Crippen LogP contribution in [0.5, 0.6) is 0 Å². The van der Waals surface area contributed by atoms with Crippen molar-refractivity contribution < 1.29 is 0 Å². The number of rotatable bonds is 5. The molecule has 2 aliphatic rings. The van der Waals surface area contributed by atoms with Crippen LogP contribution in [0, 0.1) is 0 Å². The highest BCUT2D eigenvalue weighted by molar-refractivity contribution is 7.26. The summed E-state index contributed by atoms with van der Waals surface area (Å²) in [5, 5.41) is 7.71. The highest BCUT2D eigenvalue weighted by Crippen LogP contribution is 2.53. The zero-order valence-corrected chi connectivity index (χ0v) is 42.4. The van der Waals surface area contributed by atoms with Gasteiger partial charge in [0.25, 0.3) is 0 Å². The quantitative estimate of drug-likeness (QED) is 0.159. The first-order valence-corrected chi connectivity index (χ1v) is 27.0. The second-order valence-corrected chi connectivity index (χ2v) is 23.0. The van der Waals surface area contributed by atoms with Gasteiger partial charge in [-0.15, -0.1) is 22.7 Å². The van der Waals surface area contributed by atoms with Gasteiger partial charge in [0.05, 0.1) is 5.69 Å². The van der Waals surface area contributed by atoms with Gasteiger partial charge in [-0.3, -0.25) is 0 Å². The first-order valence-electron chi connectivity index (χ1n) is 25.3. The molecule has 0 fully saturated rings. The van der Waals surface area contributed by atoms with Gasteiger partial charge in [-0.2, -0.15) is 0 Å². The van der Waals surface area contributed by atoms with Gasteiger partial charge in [0.15, 0.2) is 0 Å². The maximum Gasteiger partial charge on any atom is 0.333 e. The number of benzene rings is 11. The van der Waals surface area contributed by atoms with Crippen LogP contribution in [0.25, 0.3) is 95.6 Å². The van der Waals surface area contributed by atoms with Crippen molar-refractivity contribution in [1.82, 2.24) is 0 Å². The van der Waals surface area contributed by atoms with Crippen LogP contribution in [0.15, 0.2) is 231 Å². The van der Waals surface area contributed by atoms with E-state index in [1.807, 2.05) is 22.7 Å². The molecule has 0 bridgehead atoms. The minimum Gasteiger partial charge on any atom is -0.376 e. The highest BCUT2D eigenvalue weighted by Gasteiger charge is 2.46. The number of anilines is 5. The zero-order chi connectivity index (χ0) is 48.5. The molecule has 73 heavy (non-hydrogen) atoms. The lowest BCUT2D eigenvalue weighted by molar-refractivity contribution is 0.590. The Morgan fingerprint density at radius 3 is 1.67 bits per heavy atom. The standard InChI is InChI=1S/C68H47BN2S2/c1-68(2,3)49-29-32-59(52(37-49)45-21-11-6-12-22-45)70-61-39-56-54-33-46-23-13-14-24-47(46)36-64(54)73-66(56)41-58(61)69-67-57(34-48(35-62(67)70)43-19-9-5-10-20-43)53-40-65-55(51-25-15-16-26-63(51)72-65)38-60(53)71(69)50-30-27-44(28-31-50)42-17-7-4-8-18-42/h4-41H,1-3H3. The van der Waals surface area contributed by atoms with E-state index >= 15 is 0 Å². The molecule has 0 N–H and O–H groups in total. The number of fused-ring (bicyclic) bond motifs is 11. The summed E-state index contributed by atoms with van der Waals surface area (Å²) in [4.78, 5) is 5.34. The van der Waals surface area contributed by atoms with Crippen LogP contribution in [0.1, 0.15) is 26.3 Å². The Bertz CT molecular complexity index is 4360. The van der Waals surface area contributed by atoms with Crippen molar-refractivity contribution in [2.24, 2.45) is 0 Å². The summed E-state index contributed by atoms with van der Waals surface area (Å²) in [5.41, 5.74) is 19.6. The fourth-order valence-corrected chi connectivity index (χ4v) is 14.3. The lowest BCUT2D eigenvalue weighted by Gasteiger charge is -2.46. The summed E-state index contributed by atoms with van der Waals surface area (Å²) < 4.78 is 5.21. The van der Waals surface area contributed by atoms with Crippen molar-refractivity contribution in [3.63, 3.8) is 0 Å². The van der Waals surface area contributed by atoms with E-state index in [4.69, 9.17) is 0 Å². The van der Waals surface area contributed by atoms with Gasteiger partial charge in [0.1, 0.15) is 0 Å². The Balaban J connectivity index is 1.10. The van der Waals surface area contributed by atoms with Crippen LogP contribution >= 0.6 is 22.7 Å². The van der Waals surface area contributed by atoms with Crippen molar-refractivity contribution in [3.8, 4) is 44.5 Å². The van der Waals surface area contributed by atoms with Gasteiger partial charge in [-0.25, -0.2) is 0 Å². The molecule has 0 unspecified atom stereocenters. The van der Waals surface area contributed by atoms with Crippen molar-refractivity contribution in [2.75, 3.05) is 9.71 Å². The maximum atomic E-state index is 2.69. The number of thiophene rings is 2. The molecule has 5 heteroatoms. The average molecular weight is 967 g/mol. The summed E-state index contributed by atoms with van der Waals surface area (Å²) in [7, 11) is 0. The average Bonchev–Trinajstić information content (AvgIpc) is 4.00. The molecule has 0 radical (unpaired) electrons. The molecular formula is C68H47BN2S2. The van der Waals surface area contributed by atoms with Gasteiger partial charge >= 0.3 is 6.85 Å². The first-order chi connectivity index (χ1) is 35.8. The lowest BCUT2D eigenvalue weighted by atomic mass is 9.43. The van der Waals surface area contributed by atoms with Crippen LogP contribution in [-0.2, 0) is 5.41 Å². The molecule has 11 aromatic carbocycles. The Morgan fingerprint density at radius 1 is 0.356 bits per heavy atom. The molecule has 0 spiro atoms. The van der Waals surface area contributed by atoms with E-state index in [1.54, 1.807) is 0 Å². The third-order valence-corrected chi connectivity index (χ3v) is 17.8. The molecule has 4 heterocycles. The van der Waals surface area contributed by atoms with E-state index in [9.17, 15) is 0 Å². The van der Waals surface area contributed by atoms with Gasteiger partial charge in [0, 0.05) is 74.2 Å². The predicted molar refractivity (Wildman–Crippen MR) is 318 cm³/mol. The molecule has 0 saturated carbocycles. The van der Waals surface area contributed by atoms with Crippen LogP contribution in [0.3, 0.4) is 0 Å². The number of nitrogens with zero attached hydrogens (tertiary/aromatic N) is 2.